The predicted octanol–water partition coefficient (Wildman–Crippen LogP) is 3.55. The lowest BCUT2D eigenvalue weighted by molar-refractivity contribution is 0.0700. The molecule has 0 bridgehead atoms. The van der Waals surface area contributed by atoms with E-state index in [1.807, 2.05) is 41.6 Å². The summed E-state index contributed by atoms with van der Waals surface area (Å²) < 4.78 is 0. The van der Waals surface area contributed by atoms with Crippen LogP contribution in [0, 0.1) is 0 Å². The number of hydrogen-bond acceptors (Lipinski definition) is 6. The molecule has 1 unspecified atom stereocenters. The van der Waals surface area contributed by atoms with E-state index >= 15 is 0 Å². The van der Waals surface area contributed by atoms with Crippen LogP contribution < -0.4 is 4.90 Å². The topological polar surface area (TPSA) is 75.1 Å². The van der Waals surface area contributed by atoms with E-state index in [1.165, 1.54) is 12.8 Å². The Morgan fingerprint density at radius 1 is 0.935 bits per heavy atom. The van der Waals surface area contributed by atoms with Crippen molar-refractivity contribution in [3.05, 3.63) is 66.5 Å². The molecule has 5 heterocycles. The summed E-state index contributed by atoms with van der Waals surface area (Å²) in [5.41, 5.74) is 3.53. The molecule has 0 N–H and O–H groups in total. The average Bonchev–Trinajstić information content (AvgIpc) is 3.39. The van der Waals surface area contributed by atoms with E-state index < -0.39 is 0 Å². The number of likely N-dealkylation sites (tertiary alicyclic amines) is 1. The number of carbonyl (C=O) groups excluding carboxylic acids is 1. The third kappa shape index (κ3) is 4.13. The first-order chi connectivity index (χ1) is 15.3. The second-order valence-corrected chi connectivity index (χ2v) is 8.21. The monoisotopic (exact) mass is 414 g/mol. The fraction of sp³-hybridized carbons (Fsp3) is 0.375. The average molecular weight is 415 g/mol. The Kier molecular flexibility index (Phi) is 5.56. The maximum absolute atomic E-state index is 13.0. The summed E-state index contributed by atoms with van der Waals surface area (Å²) in [6, 6.07) is 9.45. The third-order valence-corrected chi connectivity index (χ3v) is 6.15. The zero-order valence-electron chi connectivity index (χ0n) is 17.5. The van der Waals surface area contributed by atoms with Crippen molar-refractivity contribution in [1.82, 2.24) is 24.8 Å². The lowest BCUT2D eigenvalue weighted by Crippen LogP contribution is -2.40. The lowest BCUT2D eigenvalue weighted by atomic mass is 9.90. The largest absolute Gasteiger partial charge is 0.341 e. The number of hydrogen-bond donors (Lipinski definition) is 0. The van der Waals surface area contributed by atoms with Crippen molar-refractivity contribution in [3.63, 3.8) is 0 Å². The number of rotatable bonds is 4. The first-order valence-corrected chi connectivity index (χ1v) is 11.0. The second kappa shape index (κ2) is 8.79. The predicted molar refractivity (Wildman–Crippen MR) is 119 cm³/mol. The van der Waals surface area contributed by atoms with Gasteiger partial charge in [-0.1, -0.05) is 12.1 Å². The number of aromatic nitrogens is 4. The number of pyridine rings is 2. The van der Waals surface area contributed by atoms with Gasteiger partial charge in [0, 0.05) is 68.0 Å². The van der Waals surface area contributed by atoms with Gasteiger partial charge in [0.1, 0.15) is 5.69 Å². The fourth-order valence-electron chi connectivity index (χ4n) is 4.55. The molecule has 3 aromatic rings. The van der Waals surface area contributed by atoms with Gasteiger partial charge in [-0.25, -0.2) is 9.97 Å². The Morgan fingerprint density at radius 3 is 2.61 bits per heavy atom. The molecule has 2 fully saturated rings. The standard InChI is InChI=1S/C24H26N6O/c31-23(21-9-1-2-11-26-21)30-14-6-8-19(17-30)22-20(18-7-5-10-25-15-18)16-27-24(28-22)29-12-3-4-13-29/h1-2,5,7,9-11,15-16,19H,3-4,6,8,12-14,17H2. The summed E-state index contributed by atoms with van der Waals surface area (Å²) in [7, 11) is 0. The summed E-state index contributed by atoms with van der Waals surface area (Å²) in [6.07, 6.45) is 11.5. The Labute approximate surface area is 182 Å². The third-order valence-electron chi connectivity index (χ3n) is 6.15. The van der Waals surface area contributed by atoms with Gasteiger partial charge in [-0.3, -0.25) is 14.8 Å². The molecule has 2 saturated heterocycles. The van der Waals surface area contributed by atoms with Crippen LogP contribution in [0.15, 0.2) is 55.1 Å². The SMILES string of the molecule is O=C(c1ccccn1)N1CCCC(c2nc(N3CCCC3)ncc2-c2cccnc2)C1. The zero-order valence-corrected chi connectivity index (χ0v) is 17.5. The van der Waals surface area contributed by atoms with Crippen LogP contribution in [0.1, 0.15) is 47.8 Å². The van der Waals surface area contributed by atoms with E-state index in [2.05, 4.69) is 14.9 Å². The molecule has 0 saturated carbocycles. The molecule has 7 nitrogen and oxygen atoms in total. The van der Waals surface area contributed by atoms with Crippen LogP contribution in [0.25, 0.3) is 11.1 Å². The van der Waals surface area contributed by atoms with Gasteiger partial charge < -0.3 is 9.80 Å². The highest BCUT2D eigenvalue weighted by atomic mass is 16.2. The van der Waals surface area contributed by atoms with E-state index in [1.54, 1.807) is 18.5 Å². The minimum atomic E-state index is -0.0120. The maximum atomic E-state index is 13.0. The fourth-order valence-corrected chi connectivity index (χ4v) is 4.55. The summed E-state index contributed by atoms with van der Waals surface area (Å²) in [5.74, 6) is 0.941. The number of piperidine rings is 1. The van der Waals surface area contributed by atoms with Crippen LogP contribution in [-0.2, 0) is 0 Å². The van der Waals surface area contributed by atoms with Gasteiger partial charge in [-0.15, -0.1) is 0 Å². The molecule has 0 aliphatic carbocycles. The van der Waals surface area contributed by atoms with Gasteiger partial charge in [0.05, 0.1) is 5.69 Å². The second-order valence-electron chi connectivity index (χ2n) is 8.21. The molecule has 158 valence electrons. The van der Waals surface area contributed by atoms with E-state index in [0.717, 1.165) is 55.2 Å². The highest BCUT2D eigenvalue weighted by Gasteiger charge is 2.30. The highest BCUT2D eigenvalue weighted by Crippen LogP contribution is 2.34. The first kappa shape index (κ1) is 19.6. The Balaban J connectivity index is 1.48. The van der Waals surface area contributed by atoms with Gasteiger partial charge in [0.15, 0.2) is 0 Å². The van der Waals surface area contributed by atoms with Crippen molar-refractivity contribution in [3.8, 4) is 11.1 Å². The van der Waals surface area contributed by atoms with Crippen molar-refractivity contribution >= 4 is 11.9 Å². The van der Waals surface area contributed by atoms with Crippen LogP contribution in [-0.4, -0.2) is 56.9 Å². The maximum Gasteiger partial charge on any atom is 0.272 e. The minimum Gasteiger partial charge on any atom is -0.341 e. The van der Waals surface area contributed by atoms with Crippen LogP contribution in [0.2, 0.25) is 0 Å². The Bertz CT molecular complexity index is 1040. The molecule has 2 aliphatic heterocycles. The Hall–Kier alpha value is -3.35. The van der Waals surface area contributed by atoms with Crippen LogP contribution in [0.5, 0.6) is 0 Å². The molecule has 2 aliphatic rings. The van der Waals surface area contributed by atoms with Crippen LogP contribution in [0.4, 0.5) is 5.95 Å². The van der Waals surface area contributed by atoms with Gasteiger partial charge in [0.2, 0.25) is 5.95 Å². The first-order valence-electron chi connectivity index (χ1n) is 11.0. The molecule has 3 aromatic heterocycles. The molecule has 0 radical (unpaired) electrons. The number of amides is 1. The molecule has 5 rings (SSSR count). The molecule has 1 atom stereocenters. The van der Waals surface area contributed by atoms with E-state index in [4.69, 9.17) is 9.97 Å². The van der Waals surface area contributed by atoms with Crippen LogP contribution >= 0.6 is 0 Å². The van der Waals surface area contributed by atoms with E-state index in [0.29, 0.717) is 12.2 Å². The molecule has 7 heteroatoms. The normalized spacial score (nSPS) is 18.9. The van der Waals surface area contributed by atoms with Gasteiger partial charge in [0.25, 0.3) is 5.91 Å². The summed E-state index contributed by atoms with van der Waals surface area (Å²) >= 11 is 0. The van der Waals surface area contributed by atoms with E-state index in [9.17, 15) is 4.79 Å². The zero-order chi connectivity index (χ0) is 21.0. The molecule has 31 heavy (non-hydrogen) atoms. The van der Waals surface area contributed by atoms with Gasteiger partial charge >= 0.3 is 0 Å². The molecule has 0 aromatic carbocycles. The van der Waals surface area contributed by atoms with Gasteiger partial charge in [-0.05, 0) is 43.9 Å². The van der Waals surface area contributed by atoms with Crippen molar-refractivity contribution in [2.24, 2.45) is 0 Å². The molecular formula is C24H26N6O. The molecular weight excluding hydrogens is 388 g/mol. The van der Waals surface area contributed by atoms with E-state index in [-0.39, 0.29) is 11.8 Å². The number of anilines is 1. The summed E-state index contributed by atoms with van der Waals surface area (Å²) in [6.45, 7) is 3.39. The van der Waals surface area contributed by atoms with Crippen molar-refractivity contribution in [2.45, 2.75) is 31.6 Å². The Morgan fingerprint density at radius 2 is 1.84 bits per heavy atom. The quantitative estimate of drug-likeness (QED) is 0.650. The number of nitrogens with zero attached hydrogens (tertiary/aromatic N) is 6. The smallest absolute Gasteiger partial charge is 0.272 e. The summed E-state index contributed by atoms with van der Waals surface area (Å²) in [4.78, 5) is 35.5. The number of carbonyl (C=O) groups is 1. The van der Waals surface area contributed by atoms with Crippen molar-refractivity contribution in [1.29, 1.82) is 0 Å². The van der Waals surface area contributed by atoms with Gasteiger partial charge in [-0.2, -0.15) is 0 Å². The minimum absolute atomic E-state index is 0.0120. The molecule has 1 amide bonds. The lowest BCUT2D eigenvalue weighted by Gasteiger charge is -2.33. The molecule has 0 spiro atoms. The van der Waals surface area contributed by atoms with Crippen molar-refractivity contribution in [2.75, 3.05) is 31.1 Å². The summed E-state index contributed by atoms with van der Waals surface area (Å²) in [5, 5.41) is 0. The highest BCUT2D eigenvalue weighted by molar-refractivity contribution is 5.92. The van der Waals surface area contributed by atoms with Crippen LogP contribution in [0.3, 0.4) is 0 Å². The van der Waals surface area contributed by atoms with Crippen molar-refractivity contribution < 1.29 is 4.79 Å².